The molecule has 0 saturated heterocycles. The molecule has 96 valence electrons. The number of carbonyl (C=O) groups is 1. The molecule has 0 unspecified atom stereocenters. The fraction of sp³-hybridized carbons (Fsp3) is 0.417. The van der Waals surface area contributed by atoms with Crippen molar-refractivity contribution < 1.29 is 14.6 Å². The standard InChI is InChI=1S/C12H17NO3.ClH/c1-7-4-9(5-8(2)12(7)15)10(13)6-11(14)16-3;/h4-5,10,15H,6,13H2,1-3H3;1H/t10-;/m0./s1. The average Bonchev–Trinajstić information content (AvgIpc) is 2.24. The lowest BCUT2D eigenvalue weighted by atomic mass is 9.99. The Bertz CT molecular complexity index is 384. The summed E-state index contributed by atoms with van der Waals surface area (Å²) in [6, 6.07) is 3.18. The van der Waals surface area contributed by atoms with Crippen LogP contribution >= 0.6 is 12.4 Å². The molecule has 5 heteroatoms. The number of hydrogen-bond donors (Lipinski definition) is 2. The summed E-state index contributed by atoms with van der Waals surface area (Å²) in [6.07, 6.45) is 0.139. The van der Waals surface area contributed by atoms with E-state index in [1.165, 1.54) is 7.11 Å². The van der Waals surface area contributed by atoms with E-state index in [0.717, 1.165) is 16.7 Å². The molecule has 0 amide bonds. The molecule has 0 aliphatic rings. The van der Waals surface area contributed by atoms with Crippen LogP contribution in [-0.4, -0.2) is 18.2 Å². The predicted molar refractivity (Wildman–Crippen MR) is 68.4 cm³/mol. The lowest BCUT2D eigenvalue weighted by Crippen LogP contribution is -2.16. The van der Waals surface area contributed by atoms with Gasteiger partial charge in [-0.2, -0.15) is 0 Å². The Hall–Kier alpha value is -1.26. The maximum Gasteiger partial charge on any atom is 0.307 e. The van der Waals surface area contributed by atoms with Gasteiger partial charge in [0.05, 0.1) is 13.5 Å². The number of carbonyl (C=O) groups excluding carboxylic acids is 1. The maximum absolute atomic E-state index is 11.1. The Balaban J connectivity index is 0.00000256. The van der Waals surface area contributed by atoms with E-state index in [2.05, 4.69) is 4.74 Å². The molecule has 0 spiro atoms. The first-order valence-corrected chi connectivity index (χ1v) is 5.08. The Morgan fingerprint density at radius 1 is 1.41 bits per heavy atom. The summed E-state index contributed by atoms with van der Waals surface area (Å²) in [5.41, 5.74) is 8.23. The molecule has 0 aliphatic carbocycles. The molecule has 1 aromatic rings. The van der Waals surface area contributed by atoms with Crippen LogP contribution in [-0.2, 0) is 9.53 Å². The number of phenols is 1. The summed E-state index contributed by atoms with van der Waals surface area (Å²) >= 11 is 0. The molecular weight excluding hydrogens is 242 g/mol. The first-order chi connectivity index (χ1) is 7.45. The van der Waals surface area contributed by atoms with Crippen LogP contribution in [0, 0.1) is 13.8 Å². The van der Waals surface area contributed by atoms with Crippen LogP contribution in [0.25, 0.3) is 0 Å². The molecular formula is C12H18ClNO3. The highest BCUT2D eigenvalue weighted by Gasteiger charge is 2.14. The molecule has 0 saturated carbocycles. The van der Waals surface area contributed by atoms with Gasteiger partial charge in [-0.1, -0.05) is 12.1 Å². The molecule has 0 aromatic heterocycles. The fourth-order valence-electron chi connectivity index (χ4n) is 1.58. The lowest BCUT2D eigenvalue weighted by Gasteiger charge is -2.13. The van der Waals surface area contributed by atoms with Crippen LogP contribution in [0.3, 0.4) is 0 Å². The molecule has 3 N–H and O–H groups in total. The normalized spacial score (nSPS) is 11.5. The minimum Gasteiger partial charge on any atom is -0.507 e. The van der Waals surface area contributed by atoms with Gasteiger partial charge in [-0.15, -0.1) is 12.4 Å². The van der Waals surface area contributed by atoms with Gasteiger partial charge in [0.25, 0.3) is 0 Å². The van der Waals surface area contributed by atoms with E-state index in [-0.39, 0.29) is 30.5 Å². The number of esters is 1. The number of hydrogen-bond acceptors (Lipinski definition) is 4. The highest BCUT2D eigenvalue weighted by atomic mass is 35.5. The SMILES string of the molecule is COC(=O)C[C@H](N)c1cc(C)c(O)c(C)c1.Cl. The smallest absolute Gasteiger partial charge is 0.307 e. The molecule has 0 aliphatic heterocycles. The van der Waals surface area contributed by atoms with Crippen LogP contribution in [0.5, 0.6) is 5.75 Å². The first-order valence-electron chi connectivity index (χ1n) is 5.08. The Morgan fingerprint density at radius 2 is 1.88 bits per heavy atom. The summed E-state index contributed by atoms with van der Waals surface area (Å²) in [4.78, 5) is 11.1. The Kier molecular flexibility index (Phi) is 5.99. The van der Waals surface area contributed by atoms with Crippen LogP contribution in [0.15, 0.2) is 12.1 Å². The van der Waals surface area contributed by atoms with E-state index in [9.17, 15) is 9.90 Å². The van der Waals surface area contributed by atoms with Crippen LogP contribution in [0.4, 0.5) is 0 Å². The zero-order chi connectivity index (χ0) is 12.3. The molecule has 4 nitrogen and oxygen atoms in total. The quantitative estimate of drug-likeness (QED) is 0.815. The number of aromatic hydroxyl groups is 1. The summed E-state index contributed by atoms with van der Waals surface area (Å²) in [6.45, 7) is 3.60. The number of rotatable bonds is 3. The largest absolute Gasteiger partial charge is 0.507 e. The van der Waals surface area contributed by atoms with E-state index >= 15 is 0 Å². The van der Waals surface area contributed by atoms with Gasteiger partial charge >= 0.3 is 5.97 Å². The van der Waals surface area contributed by atoms with Gasteiger partial charge in [0.1, 0.15) is 5.75 Å². The van der Waals surface area contributed by atoms with Crippen molar-refractivity contribution in [3.63, 3.8) is 0 Å². The predicted octanol–water partition coefficient (Wildman–Crippen LogP) is 1.99. The number of ether oxygens (including phenoxy) is 1. The third-order valence-electron chi connectivity index (χ3n) is 2.56. The van der Waals surface area contributed by atoms with Gasteiger partial charge < -0.3 is 15.6 Å². The van der Waals surface area contributed by atoms with Crippen molar-refractivity contribution in [2.45, 2.75) is 26.3 Å². The number of benzene rings is 1. The van der Waals surface area contributed by atoms with Crippen molar-refractivity contribution in [3.8, 4) is 5.75 Å². The third-order valence-corrected chi connectivity index (χ3v) is 2.56. The van der Waals surface area contributed by atoms with E-state index < -0.39 is 6.04 Å². The Morgan fingerprint density at radius 3 is 2.29 bits per heavy atom. The van der Waals surface area contributed by atoms with Crippen molar-refractivity contribution in [2.24, 2.45) is 5.73 Å². The highest BCUT2D eigenvalue weighted by Crippen LogP contribution is 2.26. The van der Waals surface area contributed by atoms with Crippen LogP contribution in [0.1, 0.15) is 29.2 Å². The summed E-state index contributed by atoms with van der Waals surface area (Å²) in [7, 11) is 1.34. The highest BCUT2D eigenvalue weighted by molar-refractivity contribution is 5.85. The average molecular weight is 260 g/mol. The number of phenolic OH excluding ortho intramolecular Hbond substituents is 1. The second-order valence-corrected chi connectivity index (χ2v) is 3.89. The Labute approximate surface area is 107 Å². The van der Waals surface area contributed by atoms with Crippen molar-refractivity contribution in [1.82, 2.24) is 0 Å². The van der Waals surface area contributed by atoms with E-state index in [4.69, 9.17) is 5.73 Å². The molecule has 17 heavy (non-hydrogen) atoms. The monoisotopic (exact) mass is 259 g/mol. The zero-order valence-corrected chi connectivity index (χ0v) is 11.0. The number of methoxy groups -OCH3 is 1. The van der Waals surface area contributed by atoms with Gasteiger partial charge in [-0.05, 0) is 30.5 Å². The van der Waals surface area contributed by atoms with Crippen molar-refractivity contribution in [1.29, 1.82) is 0 Å². The minimum absolute atomic E-state index is 0. The van der Waals surface area contributed by atoms with Crippen molar-refractivity contribution in [2.75, 3.05) is 7.11 Å². The number of aryl methyl sites for hydroxylation is 2. The summed E-state index contributed by atoms with van der Waals surface area (Å²) < 4.78 is 4.56. The van der Waals surface area contributed by atoms with E-state index in [0.29, 0.717) is 0 Å². The van der Waals surface area contributed by atoms with Gasteiger partial charge in [-0.25, -0.2) is 0 Å². The molecule has 1 rings (SSSR count). The summed E-state index contributed by atoms with van der Waals surface area (Å²) in [5.74, 6) is -0.0649. The zero-order valence-electron chi connectivity index (χ0n) is 10.2. The third kappa shape index (κ3) is 3.91. The van der Waals surface area contributed by atoms with Crippen molar-refractivity contribution >= 4 is 18.4 Å². The van der Waals surface area contributed by atoms with Crippen LogP contribution in [0.2, 0.25) is 0 Å². The topological polar surface area (TPSA) is 72.5 Å². The van der Waals surface area contributed by atoms with Crippen molar-refractivity contribution in [3.05, 3.63) is 28.8 Å². The fourth-order valence-corrected chi connectivity index (χ4v) is 1.58. The number of halogens is 1. The molecule has 0 bridgehead atoms. The molecule has 1 aromatic carbocycles. The molecule has 0 radical (unpaired) electrons. The van der Waals surface area contributed by atoms with Gasteiger partial charge in [0, 0.05) is 6.04 Å². The summed E-state index contributed by atoms with van der Waals surface area (Å²) in [5, 5.41) is 9.61. The van der Waals surface area contributed by atoms with E-state index in [1.54, 1.807) is 26.0 Å². The van der Waals surface area contributed by atoms with Gasteiger partial charge in [0.15, 0.2) is 0 Å². The van der Waals surface area contributed by atoms with Gasteiger partial charge in [-0.3, -0.25) is 4.79 Å². The second-order valence-electron chi connectivity index (χ2n) is 3.89. The second kappa shape index (κ2) is 6.47. The lowest BCUT2D eigenvalue weighted by molar-refractivity contribution is -0.141. The van der Waals surface area contributed by atoms with E-state index in [1.807, 2.05) is 0 Å². The molecule has 0 heterocycles. The van der Waals surface area contributed by atoms with Crippen LogP contribution < -0.4 is 5.73 Å². The number of nitrogens with two attached hydrogens (primary N) is 1. The minimum atomic E-state index is -0.398. The molecule has 0 fully saturated rings. The molecule has 1 atom stereocenters. The first kappa shape index (κ1) is 15.7. The maximum atomic E-state index is 11.1. The van der Waals surface area contributed by atoms with Gasteiger partial charge in [0.2, 0.25) is 0 Å².